The van der Waals surface area contributed by atoms with Gasteiger partial charge in [-0.15, -0.1) is 0 Å². The largest absolute Gasteiger partial charge is 0.335 e. The van der Waals surface area contributed by atoms with E-state index >= 15 is 0 Å². The molecule has 3 rings (SSSR count). The molecule has 0 aromatic heterocycles. The van der Waals surface area contributed by atoms with Gasteiger partial charge in [0.25, 0.3) is 0 Å². The molecule has 0 spiro atoms. The third-order valence-corrected chi connectivity index (χ3v) is 5.32. The minimum absolute atomic E-state index is 0.222. The first kappa shape index (κ1) is 15.5. The summed E-state index contributed by atoms with van der Waals surface area (Å²) in [5.74, 6) is 1.15. The summed E-state index contributed by atoms with van der Waals surface area (Å²) >= 11 is 0. The lowest BCUT2D eigenvalue weighted by Gasteiger charge is -2.42. The predicted molar refractivity (Wildman–Crippen MR) is 89.6 cm³/mol. The van der Waals surface area contributed by atoms with Gasteiger partial charge in [0.05, 0.1) is 6.04 Å². The lowest BCUT2D eigenvalue weighted by Crippen LogP contribution is -2.46. The van der Waals surface area contributed by atoms with E-state index in [1.165, 1.54) is 17.5 Å². The molecule has 2 aliphatic rings. The number of carbonyl (C=O) groups excluding carboxylic acids is 1. The second kappa shape index (κ2) is 6.82. The normalized spacial score (nSPS) is 26.9. The second-order valence-corrected chi connectivity index (χ2v) is 7.03. The highest BCUT2D eigenvalue weighted by molar-refractivity contribution is 5.79. The average molecular weight is 300 g/mol. The van der Waals surface area contributed by atoms with Crippen LogP contribution in [-0.2, 0) is 4.79 Å². The zero-order chi connectivity index (χ0) is 15.5. The number of amides is 1. The molecule has 0 bridgehead atoms. The van der Waals surface area contributed by atoms with Crippen molar-refractivity contribution in [3.05, 3.63) is 35.4 Å². The van der Waals surface area contributed by atoms with E-state index in [4.69, 9.17) is 0 Å². The second-order valence-electron chi connectivity index (χ2n) is 7.03. The molecule has 1 aromatic carbocycles. The molecule has 2 heterocycles. The molecule has 0 radical (unpaired) electrons. The smallest absolute Gasteiger partial charge is 0.226 e. The molecule has 2 unspecified atom stereocenters. The van der Waals surface area contributed by atoms with Gasteiger partial charge >= 0.3 is 0 Å². The summed E-state index contributed by atoms with van der Waals surface area (Å²) in [5, 5.41) is 3.36. The summed E-state index contributed by atoms with van der Waals surface area (Å²) < 4.78 is 0. The van der Waals surface area contributed by atoms with Gasteiger partial charge in [0.1, 0.15) is 0 Å². The highest BCUT2D eigenvalue weighted by atomic mass is 16.2. The molecule has 0 saturated carbocycles. The Bertz CT molecular complexity index is 505. The first-order valence-electron chi connectivity index (χ1n) is 8.74. The Morgan fingerprint density at radius 1 is 1.14 bits per heavy atom. The number of likely N-dealkylation sites (tertiary alicyclic amines) is 1. The number of hydrogen-bond acceptors (Lipinski definition) is 2. The van der Waals surface area contributed by atoms with Gasteiger partial charge in [-0.25, -0.2) is 0 Å². The fraction of sp³-hybridized carbons (Fsp3) is 0.632. The Labute approximate surface area is 134 Å². The molecule has 2 atom stereocenters. The van der Waals surface area contributed by atoms with E-state index in [1.54, 1.807) is 0 Å². The van der Waals surface area contributed by atoms with Gasteiger partial charge in [-0.2, -0.15) is 0 Å². The highest BCUT2D eigenvalue weighted by Gasteiger charge is 2.36. The zero-order valence-corrected chi connectivity index (χ0v) is 13.8. The molecule has 0 aliphatic carbocycles. The van der Waals surface area contributed by atoms with Crippen LogP contribution in [0.15, 0.2) is 24.3 Å². The maximum Gasteiger partial charge on any atom is 0.226 e. The van der Waals surface area contributed by atoms with Crippen molar-refractivity contribution in [3.8, 4) is 0 Å². The van der Waals surface area contributed by atoms with E-state index in [0.717, 1.165) is 38.9 Å². The Morgan fingerprint density at radius 2 is 1.82 bits per heavy atom. The van der Waals surface area contributed by atoms with Crippen molar-refractivity contribution < 1.29 is 4.79 Å². The molecule has 22 heavy (non-hydrogen) atoms. The van der Waals surface area contributed by atoms with Crippen molar-refractivity contribution in [1.29, 1.82) is 0 Å². The summed E-state index contributed by atoms with van der Waals surface area (Å²) in [6.45, 7) is 7.30. The standard InChI is InChI=1S/C19H28N2O/c1-14-5-7-16(8-6-14)18-15(2)4-3-13-21(18)19(22)17-9-11-20-12-10-17/h5-8,15,17-18,20H,3-4,9-13H2,1-2H3. The molecule has 1 amide bonds. The van der Waals surface area contributed by atoms with Crippen molar-refractivity contribution in [2.45, 2.75) is 45.6 Å². The number of nitrogens with one attached hydrogen (secondary N) is 1. The maximum absolute atomic E-state index is 13.0. The van der Waals surface area contributed by atoms with Crippen LogP contribution in [0.25, 0.3) is 0 Å². The first-order chi connectivity index (χ1) is 10.7. The number of carbonyl (C=O) groups is 1. The van der Waals surface area contributed by atoms with Crippen LogP contribution in [0.2, 0.25) is 0 Å². The molecule has 2 aliphatic heterocycles. The van der Waals surface area contributed by atoms with Gasteiger partial charge in [-0.1, -0.05) is 36.8 Å². The quantitative estimate of drug-likeness (QED) is 0.909. The monoisotopic (exact) mass is 300 g/mol. The zero-order valence-electron chi connectivity index (χ0n) is 13.8. The molecule has 3 nitrogen and oxygen atoms in total. The van der Waals surface area contributed by atoms with Gasteiger partial charge in [0, 0.05) is 12.5 Å². The van der Waals surface area contributed by atoms with Crippen molar-refractivity contribution >= 4 is 5.91 Å². The van der Waals surface area contributed by atoms with Crippen LogP contribution < -0.4 is 5.32 Å². The summed E-state index contributed by atoms with van der Waals surface area (Å²) in [5.41, 5.74) is 2.59. The van der Waals surface area contributed by atoms with E-state index in [9.17, 15) is 4.79 Å². The van der Waals surface area contributed by atoms with Crippen LogP contribution in [0.4, 0.5) is 0 Å². The van der Waals surface area contributed by atoms with Crippen LogP contribution in [0.1, 0.15) is 49.8 Å². The molecule has 2 fully saturated rings. The number of nitrogens with zero attached hydrogens (tertiary/aromatic N) is 1. The summed E-state index contributed by atoms with van der Waals surface area (Å²) in [6.07, 6.45) is 4.34. The fourth-order valence-corrected chi connectivity index (χ4v) is 4.01. The third kappa shape index (κ3) is 3.19. The highest BCUT2D eigenvalue weighted by Crippen LogP contribution is 2.37. The maximum atomic E-state index is 13.0. The van der Waals surface area contributed by atoms with Crippen LogP contribution in [0, 0.1) is 18.8 Å². The fourth-order valence-electron chi connectivity index (χ4n) is 4.01. The van der Waals surface area contributed by atoms with Crippen LogP contribution in [-0.4, -0.2) is 30.4 Å². The molecule has 2 saturated heterocycles. The Hall–Kier alpha value is -1.35. The van der Waals surface area contributed by atoms with E-state index in [-0.39, 0.29) is 12.0 Å². The third-order valence-electron chi connectivity index (χ3n) is 5.32. The van der Waals surface area contributed by atoms with Crippen LogP contribution in [0.5, 0.6) is 0 Å². The number of rotatable bonds is 2. The van der Waals surface area contributed by atoms with Crippen LogP contribution >= 0.6 is 0 Å². The van der Waals surface area contributed by atoms with Crippen molar-refractivity contribution in [3.63, 3.8) is 0 Å². The number of benzene rings is 1. The van der Waals surface area contributed by atoms with Gasteiger partial charge in [0.15, 0.2) is 0 Å². The number of aryl methyl sites for hydroxylation is 1. The molecule has 120 valence electrons. The molecule has 3 heteroatoms. The lowest BCUT2D eigenvalue weighted by molar-refractivity contribution is -0.141. The van der Waals surface area contributed by atoms with Gasteiger partial charge in [-0.05, 0) is 57.2 Å². The topological polar surface area (TPSA) is 32.3 Å². The SMILES string of the molecule is Cc1ccc(C2C(C)CCCN2C(=O)C2CCNCC2)cc1. The molecular formula is C19H28N2O. The van der Waals surface area contributed by atoms with Gasteiger partial charge < -0.3 is 10.2 Å². The number of piperidine rings is 2. The summed E-state index contributed by atoms with van der Waals surface area (Å²) in [4.78, 5) is 15.2. The van der Waals surface area contributed by atoms with E-state index in [0.29, 0.717) is 11.8 Å². The Balaban J connectivity index is 1.83. The van der Waals surface area contributed by atoms with E-state index < -0.39 is 0 Å². The minimum Gasteiger partial charge on any atom is -0.335 e. The van der Waals surface area contributed by atoms with Crippen molar-refractivity contribution in [2.75, 3.05) is 19.6 Å². The van der Waals surface area contributed by atoms with Crippen LogP contribution in [0.3, 0.4) is 0 Å². The Morgan fingerprint density at radius 3 is 2.50 bits per heavy atom. The van der Waals surface area contributed by atoms with Crippen molar-refractivity contribution in [2.24, 2.45) is 11.8 Å². The summed E-state index contributed by atoms with van der Waals surface area (Å²) in [7, 11) is 0. The van der Waals surface area contributed by atoms with E-state index in [2.05, 4.69) is 48.3 Å². The van der Waals surface area contributed by atoms with Crippen molar-refractivity contribution in [1.82, 2.24) is 10.2 Å². The predicted octanol–water partition coefficient (Wildman–Crippen LogP) is 3.29. The minimum atomic E-state index is 0.222. The number of hydrogen-bond donors (Lipinski definition) is 1. The molecule has 1 N–H and O–H groups in total. The lowest BCUT2D eigenvalue weighted by atomic mass is 9.84. The average Bonchev–Trinajstić information content (AvgIpc) is 2.56. The Kier molecular flexibility index (Phi) is 4.82. The summed E-state index contributed by atoms with van der Waals surface area (Å²) in [6, 6.07) is 9.03. The van der Waals surface area contributed by atoms with Gasteiger partial charge in [-0.3, -0.25) is 4.79 Å². The molecule has 1 aromatic rings. The molecular weight excluding hydrogens is 272 g/mol. The van der Waals surface area contributed by atoms with E-state index in [1.807, 2.05) is 0 Å². The first-order valence-corrected chi connectivity index (χ1v) is 8.74. The van der Waals surface area contributed by atoms with Gasteiger partial charge in [0.2, 0.25) is 5.91 Å².